The third kappa shape index (κ3) is 3.59. The van der Waals surface area contributed by atoms with Crippen LogP contribution in [0.3, 0.4) is 0 Å². The van der Waals surface area contributed by atoms with Gasteiger partial charge in [0, 0.05) is 17.5 Å². The number of phenolic OH excluding ortho intramolecular Hbond substituents is 1. The molecule has 0 heterocycles. The summed E-state index contributed by atoms with van der Waals surface area (Å²) in [7, 11) is 1.45. The Morgan fingerprint density at radius 2 is 1.94 bits per heavy atom. The van der Waals surface area contributed by atoms with Gasteiger partial charge in [0.2, 0.25) is 0 Å². The van der Waals surface area contributed by atoms with Gasteiger partial charge in [-0.05, 0) is 12.1 Å². The molecular formula is C13H16O4. The van der Waals surface area contributed by atoms with Gasteiger partial charge in [0.25, 0.3) is 0 Å². The zero-order valence-corrected chi connectivity index (χ0v) is 10.2. The lowest BCUT2D eigenvalue weighted by Crippen LogP contribution is -2.13. The van der Waals surface area contributed by atoms with Gasteiger partial charge in [0.1, 0.15) is 17.3 Å². The van der Waals surface area contributed by atoms with Gasteiger partial charge in [-0.15, -0.1) is 0 Å². The number of Topliss-reactive ketones (excluding diaryl/α,β-unsaturated/α-hetero) is 2. The molecule has 4 nitrogen and oxygen atoms in total. The normalized spacial score (nSPS) is 10.4. The number of hydrogen-bond donors (Lipinski definition) is 1. The summed E-state index contributed by atoms with van der Waals surface area (Å²) in [5, 5.41) is 9.40. The first-order chi connectivity index (χ1) is 7.93. The molecule has 0 bridgehead atoms. The van der Waals surface area contributed by atoms with Gasteiger partial charge in [-0.1, -0.05) is 13.8 Å². The number of carbonyl (C=O) groups is 2. The van der Waals surface area contributed by atoms with E-state index >= 15 is 0 Å². The molecule has 1 aromatic carbocycles. The van der Waals surface area contributed by atoms with Crippen molar-refractivity contribution in [1.82, 2.24) is 0 Å². The Morgan fingerprint density at radius 1 is 1.29 bits per heavy atom. The Labute approximate surface area is 100 Å². The SMILES string of the molecule is COc1cc(O)cc(C(=O)CC(=O)C(C)C)c1. The molecule has 1 N–H and O–H groups in total. The molecule has 1 rings (SSSR count). The highest BCUT2D eigenvalue weighted by atomic mass is 16.5. The minimum Gasteiger partial charge on any atom is -0.508 e. The van der Waals surface area contributed by atoms with E-state index in [-0.39, 0.29) is 35.2 Å². The first-order valence-corrected chi connectivity index (χ1v) is 5.38. The Bertz CT molecular complexity index is 435. The molecule has 0 spiro atoms. The second-order valence-corrected chi connectivity index (χ2v) is 4.14. The van der Waals surface area contributed by atoms with Gasteiger partial charge < -0.3 is 9.84 Å². The van der Waals surface area contributed by atoms with Crippen molar-refractivity contribution in [1.29, 1.82) is 0 Å². The lowest BCUT2D eigenvalue weighted by atomic mass is 9.99. The van der Waals surface area contributed by atoms with Crippen LogP contribution in [0.15, 0.2) is 18.2 Å². The molecule has 1 aromatic rings. The van der Waals surface area contributed by atoms with E-state index < -0.39 is 0 Å². The number of ether oxygens (including phenoxy) is 1. The predicted molar refractivity (Wildman–Crippen MR) is 63.5 cm³/mol. The van der Waals surface area contributed by atoms with Crippen LogP contribution in [-0.2, 0) is 4.79 Å². The fraction of sp³-hybridized carbons (Fsp3) is 0.385. The van der Waals surface area contributed by atoms with Gasteiger partial charge >= 0.3 is 0 Å². The van der Waals surface area contributed by atoms with Crippen LogP contribution in [0.5, 0.6) is 11.5 Å². The largest absolute Gasteiger partial charge is 0.508 e. The van der Waals surface area contributed by atoms with E-state index in [0.29, 0.717) is 5.75 Å². The first-order valence-electron chi connectivity index (χ1n) is 5.38. The van der Waals surface area contributed by atoms with E-state index in [1.54, 1.807) is 13.8 Å². The van der Waals surface area contributed by atoms with Gasteiger partial charge in [-0.2, -0.15) is 0 Å². The van der Waals surface area contributed by atoms with Crippen LogP contribution in [0, 0.1) is 5.92 Å². The third-order valence-corrected chi connectivity index (χ3v) is 2.43. The summed E-state index contributed by atoms with van der Waals surface area (Å²) >= 11 is 0. The third-order valence-electron chi connectivity index (χ3n) is 2.43. The molecule has 0 fully saturated rings. The topological polar surface area (TPSA) is 63.6 Å². The summed E-state index contributed by atoms with van der Waals surface area (Å²) in [6.45, 7) is 3.50. The quantitative estimate of drug-likeness (QED) is 0.628. The summed E-state index contributed by atoms with van der Waals surface area (Å²) in [6.07, 6.45) is -0.149. The molecule has 0 amide bonds. The summed E-state index contributed by atoms with van der Waals surface area (Å²) in [4.78, 5) is 23.2. The maximum Gasteiger partial charge on any atom is 0.170 e. The number of phenols is 1. The van der Waals surface area contributed by atoms with Crippen molar-refractivity contribution in [2.45, 2.75) is 20.3 Å². The smallest absolute Gasteiger partial charge is 0.170 e. The fourth-order valence-corrected chi connectivity index (χ4v) is 1.33. The van der Waals surface area contributed by atoms with E-state index in [0.717, 1.165) is 0 Å². The molecule has 4 heteroatoms. The standard InChI is InChI=1S/C13H16O4/c1-8(2)12(15)7-13(16)9-4-10(14)6-11(5-9)17-3/h4-6,8,14H,7H2,1-3H3. The van der Waals surface area contributed by atoms with Crippen molar-refractivity contribution in [3.8, 4) is 11.5 Å². The Morgan fingerprint density at radius 3 is 2.47 bits per heavy atom. The summed E-state index contributed by atoms with van der Waals surface area (Å²) < 4.78 is 4.94. The average Bonchev–Trinajstić information content (AvgIpc) is 2.27. The molecular weight excluding hydrogens is 220 g/mol. The monoisotopic (exact) mass is 236 g/mol. The van der Waals surface area contributed by atoms with E-state index in [4.69, 9.17) is 4.74 Å². The molecule has 0 atom stereocenters. The Hall–Kier alpha value is -1.84. The van der Waals surface area contributed by atoms with Crippen molar-refractivity contribution in [2.75, 3.05) is 7.11 Å². The van der Waals surface area contributed by atoms with E-state index in [1.165, 1.54) is 25.3 Å². The lowest BCUT2D eigenvalue weighted by molar-refractivity contribution is -0.121. The molecule has 0 radical (unpaired) electrons. The van der Waals surface area contributed by atoms with Crippen LogP contribution < -0.4 is 4.74 Å². The van der Waals surface area contributed by atoms with Gasteiger partial charge in [-0.3, -0.25) is 9.59 Å². The van der Waals surface area contributed by atoms with Crippen molar-refractivity contribution in [2.24, 2.45) is 5.92 Å². The van der Waals surface area contributed by atoms with Crippen LogP contribution >= 0.6 is 0 Å². The summed E-state index contributed by atoms with van der Waals surface area (Å²) in [6, 6.07) is 4.25. The van der Waals surface area contributed by atoms with Crippen LogP contribution in [0.2, 0.25) is 0 Å². The summed E-state index contributed by atoms with van der Waals surface area (Å²) in [5.74, 6) is -0.247. The maximum atomic E-state index is 11.8. The van der Waals surface area contributed by atoms with Crippen molar-refractivity contribution >= 4 is 11.6 Å². The number of rotatable bonds is 5. The fourth-order valence-electron chi connectivity index (χ4n) is 1.33. The zero-order chi connectivity index (χ0) is 13.0. The molecule has 92 valence electrons. The molecule has 0 aromatic heterocycles. The molecule has 0 unspecified atom stereocenters. The van der Waals surface area contributed by atoms with Gasteiger partial charge in [-0.25, -0.2) is 0 Å². The molecule has 0 aliphatic rings. The molecule has 0 saturated heterocycles. The highest BCUT2D eigenvalue weighted by molar-refractivity contribution is 6.08. The molecule has 0 aliphatic heterocycles. The summed E-state index contributed by atoms with van der Waals surface area (Å²) in [5.41, 5.74) is 0.288. The van der Waals surface area contributed by atoms with E-state index in [9.17, 15) is 14.7 Å². The minimum absolute atomic E-state index is 0.0512. The molecule has 17 heavy (non-hydrogen) atoms. The lowest BCUT2D eigenvalue weighted by Gasteiger charge is -2.06. The number of ketones is 2. The second-order valence-electron chi connectivity index (χ2n) is 4.14. The number of benzene rings is 1. The van der Waals surface area contributed by atoms with E-state index in [1.807, 2.05) is 0 Å². The first kappa shape index (κ1) is 13.2. The van der Waals surface area contributed by atoms with Gasteiger partial charge in [0.15, 0.2) is 5.78 Å². The number of aromatic hydroxyl groups is 1. The van der Waals surface area contributed by atoms with Crippen LogP contribution in [0.25, 0.3) is 0 Å². The van der Waals surface area contributed by atoms with Crippen molar-refractivity contribution in [3.05, 3.63) is 23.8 Å². The highest BCUT2D eigenvalue weighted by Gasteiger charge is 2.15. The van der Waals surface area contributed by atoms with Crippen LogP contribution in [0.1, 0.15) is 30.6 Å². The number of hydrogen-bond acceptors (Lipinski definition) is 4. The second kappa shape index (κ2) is 5.48. The average molecular weight is 236 g/mol. The zero-order valence-electron chi connectivity index (χ0n) is 10.2. The van der Waals surface area contributed by atoms with Crippen molar-refractivity contribution < 1.29 is 19.4 Å². The Balaban J connectivity index is 2.89. The minimum atomic E-state index is -0.307. The van der Waals surface area contributed by atoms with E-state index in [2.05, 4.69) is 0 Å². The number of carbonyl (C=O) groups excluding carboxylic acids is 2. The molecule has 0 aliphatic carbocycles. The molecule has 0 saturated carbocycles. The Kier molecular flexibility index (Phi) is 4.26. The maximum absolute atomic E-state index is 11.8. The number of methoxy groups -OCH3 is 1. The van der Waals surface area contributed by atoms with Crippen LogP contribution in [0.4, 0.5) is 0 Å². The highest BCUT2D eigenvalue weighted by Crippen LogP contribution is 2.22. The van der Waals surface area contributed by atoms with Gasteiger partial charge in [0.05, 0.1) is 13.5 Å². The van der Waals surface area contributed by atoms with Crippen LogP contribution in [-0.4, -0.2) is 23.8 Å². The predicted octanol–water partition coefficient (Wildman–Crippen LogP) is 2.20. The van der Waals surface area contributed by atoms with Crippen molar-refractivity contribution in [3.63, 3.8) is 0 Å².